The molecule has 4 aliphatic carbocycles. The van der Waals surface area contributed by atoms with Gasteiger partial charge in [-0.25, -0.2) is 0 Å². The maximum Gasteiger partial charge on any atom is 2.00 e. The summed E-state index contributed by atoms with van der Waals surface area (Å²) in [6.07, 6.45) is 40.0. The van der Waals surface area contributed by atoms with Gasteiger partial charge < -0.3 is 0 Å². The smallest absolute Gasteiger partial charge is 0.0312 e. The van der Waals surface area contributed by atoms with E-state index in [1.807, 2.05) is 128 Å². The molecule has 4 rings (SSSR count). The second-order valence-corrected chi connectivity index (χ2v) is 3.85. The minimum Gasteiger partial charge on any atom is -0.0312 e. The zero-order valence-corrected chi connectivity index (χ0v) is 21.8. The molecule has 0 aromatic heterocycles. The Morgan fingerprint density at radius 2 is 0.276 bits per heavy atom. The van der Waals surface area contributed by atoms with Crippen LogP contribution in [0.15, 0.2) is 0 Å². The van der Waals surface area contributed by atoms with E-state index in [0.717, 1.165) is 0 Å². The summed E-state index contributed by atoms with van der Waals surface area (Å²) in [4.78, 5) is 0. The Bertz CT molecular complexity index is 197. The van der Waals surface area contributed by atoms with Gasteiger partial charge in [-0.15, -0.1) is 0 Å². The van der Waals surface area contributed by atoms with Crippen LogP contribution in [-0.2, 0) is 74.0 Å². The summed E-state index contributed by atoms with van der Waals surface area (Å²) < 4.78 is 22.5. The predicted molar refractivity (Wildman–Crippen MR) is 97.8 cm³/mol. The molecule has 0 aromatic rings. The van der Waals surface area contributed by atoms with Gasteiger partial charge in [-0.2, -0.15) is 0 Å². The third-order valence-electron chi connectivity index (χ3n) is 2.22. The molecule has 148 valence electrons. The quantitative estimate of drug-likeness (QED) is 0.206. The Balaban J connectivity index is -0.0000000543. The van der Waals surface area contributed by atoms with E-state index in [9.17, 15) is 0 Å². The average molecular weight is 730 g/mol. The molecule has 22 radical (unpaired) electrons. The summed E-state index contributed by atoms with van der Waals surface area (Å²) in [5.41, 5.74) is 0. The van der Waals surface area contributed by atoms with Crippen molar-refractivity contribution in [3.8, 4) is 0 Å². The van der Waals surface area contributed by atoms with E-state index in [1.54, 1.807) is 0 Å². The Morgan fingerprint density at radius 1 is 0.241 bits per heavy atom. The van der Waals surface area contributed by atoms with Crippen LogP contribution < -0.4 is 0 Å². The first kappa shape index (κ1) is 43.9. The Hall–Kier alpha value is 1.16. The van der Waals surface area contributed by atoms with Crippen LogP contribution in [0.2, 0.25) is 0 Å². The fourth-order valence-electron chi connectivity index (χ4n) is 1.28. The van der Waals surface area contributed by atoms with Gasteiger partial charge in [-0.3, -0.25) is 0 Å². The maximum atomic E-state index is 7.50. The van der Waals surface area contributed by atoms with Crippen molar-refractivity contribution >= 4 is 0 Å². The van der Waals surface area contributed by atoms with Crippen molar-refractivity contribution in [2.45, 2.75) is 0 Å². The van der Waals surface area contributed by atoms with E-state index in [0.29, 0.717) is 0 Å². The van der Waals surface area contributed by atoms with E-state index in [2.05, 4.69) is 20.0 Å². The van der Waals surface area contributed by atoms with Crippen LogP contribution in [0.3, 0.4) is 0 Å². The first-order valence-corrected chi connectivity index (χ1v) is 7.28. The van der Waals surface area contributed by atoms with Gasteiger partial charge in [0.15, 0.2) is 0 Å². The van der Waals surface area contributed by atoms with Crippen LogP contribution in [0.25, 0.3) is 0 Å². The van der Waals surface area contributed by atoms with Crippen molar-refractivity contribution in [2.75, 3.05) is 0 Å². The molecule has 29 heavy (non-hydrogen) atoms. The zero-order valence-electron chi connectivity index (χ0n) is 15.4. The Morgan fingerprint density at radius 3 is 0.310 bits per heavy atom. The first-order chi connectivity index (χ1) is 13.0. The van der Waals surface area contributed by atoms with E-state index in [-0.39, 0.29) is 60.0 Å². The molecule has 0 unspecified atom stereocenters. The minimum atomic E-state index is 0. The fourth-order valence-corrected chi connectivity index (χ4v) is 1.28. The Labute approximate surface area is 221 Å². The van der Waals surface area contributed by atoms with Gasteiger partial charge in [-0.1, -0.05) is 0 Å². The van der Waals surface area contributed by atoms with Crippen LogP contribution in [0.1, 0.15) is 0 Å². The van der Waals surface area contributed by atoms with Crippen molar-refractivity contribution in [1.82, 2.24) is 0 Å². The number of hydrogen-bond donors (Lipinski definition) is 0. The largest absolute Gasteiger partial charge is 2.00 e. The molecule has 0 saturated heterocycles. The van der Waals surface area contributed by atoms with Crippen LogP contribution in [0.4, 0.5) is 0 Å². The average Bonchev–Trinajstić information content (AvgIpc) is 3.60. The molecule has 0 bridgehead atoms. The number of hydrogen-bond acceptors (Lipinski definition) is 0. The monoisotopic (exact) mass is 732 g/mol. The molecule has 0 atom stereocenters. The van der Waals surface area contributed by atoms with Crippen molar-refractivity contribution in [3.05, 3.63) is 148 Å². The topological polar surface area (TPSA) is 59.7 Å². The first-order valence-electron chi connectivity index (χ1n) is 7.28. The van der Waals surface area contributed by atoms with Crippen molar-refractivity contribution in [2.24, 2.45) is 0 Å². The van der Waals surface area contributed by atoms with Gasteiger partial charge >= 0.3 is 93.9 Å². The van der Waals surface area contributed by atoms with Crippen molar-refractivity contribution < 1.29 is 74.0 Å². The molecule has 0 spiro atoms. The Kier molecular flexibility index (Phi) is 78.2. The van der Waals surface area contributed by atoms with E-state index >= 15 is 0 Å². The normalized spacial score (nSPS) is 16.8. The molecule has 0 aromatic carbocycles. The molecule has 4 fully saturated rings. The van der Waals surface area contributed by atoms with E-state index < -0.39 is 0 Å². The molecule has 4 saturated carbocycles. The molecule has 0 heterocycles. The number of rotatable bonds is 0. The van der Waals surface area contributed by atoms with E-state index in [1.165, 1.54) is 0 Å². The van der Waals surface area contributed by atoms with Crippen molar-refractivity contribution in [1.29, 1.82) is 0 Å². The summed E-state index contributed by atoms with van der Waals surface area (Å²) in [5, 5.41) is 0. The predicted octanol–water partition coefficient (Wildman–Crippen LogP) is 3.97. The van der Waals surface area contributed by atoms with Gasteiger partial charge in [0.2, 0.25) is 0 Å². The zero-order chi connectivity index (χ0) is 20.1. The third kappa shape index (κ3) is 48.0. The van der Waals surface area contributed by atoms with Crippen LogP contribution in [0, 0.1) is 148 Å². The van der Waals surface area contributed by atoms with Crippen LogP contribution in [0.5, 0.6) is 0 Å². The SMILES string of the molecule is [C-]#[O+].[C-]#[O+].[C-]#[O+].[CH]1[CH][CH][CH][CH]1.[CH]1[CH][CH][CH][CH]1.[CH]1[CH][CH][CH][CH]1.[CH]1[CH][CH][CH][CH]1.[Ru+].[Ru+].[W+2]. The summed E-state index contributed by atoms with van der Waals surface area (Å²) in [5.74, 6) is 0. The molecule has 0 N–H and O–H groups in total. The fraction of sp³-hybridized carbons (Fsp3) is 0. The summed E-state index contributed by atoms with van der Waals surface area (Å²) in [6, 6.07) is 0. The summed E-state index contributed by atoms with van der Waals surface area (Å²) in [6.45, 7) is 13.5. The molecule has 0 amide bonds. The van der Waals surface area contributed by atoms with Gasteiger partial charge in [-0.05, 0) is 128 Å². The van der Waals surface area contributed by atoms with Crippen LogP contribution in [-0.4, -0.2) is 0 Å². The minimum absolute atomic E-state index is 0. The molecular formula is C23H20O3Ru2W+4. The second kappa shape index (κ2) is 51.6. The molecule has 3 nitrogen and oxygen atoms in total. The maximum absolute atomic E-state index is 7.50. The molecule has 6 heteroatoms. The van der Waals surface area contributed by atoms with Gasteiger partial charge in [0.1, 0.15) is 0 Å². The summed E-state index contributed by atoms with van der Waals surface area (Å²) in [7, 11) is 0. The molecule has 0 aliphatic heterocycles. The second-order valence-electron chi connectivity index (χ2n) is 3.85. The van der Waals surface area contributed by atoms with Gasteiger partial charge in [0.05, 0.1) is 0 Å². The molecule has 4 aliphatic rings. The van der Waals surface area contributed by atoms with Crippen LogP contribution >= 0.6 is 0 Å². The third-order valence-corrected chi connectivity index (χ3v) is 2.22. The molecular weight excluding hydrogens is 710 g/mol. The van der Waals surface area contributed by atoms with Gasteiger partial charge in [0.25, 0.3) is 0 Å². The standard InChI is InChI=1S/4C5H5.3CO.2Ru.W/c4*1-2-4-5-3-1;3*1-2;;;/h4*1-5H;;;;;;/q;;;;;;;2*+1;+2. The van der Waals surface area contributed by atoms with E-state index in [4.69, 9.17) is 14.0 Å². The summed E-state index contributed by atoms with van der Waals surface area (Å²) >= 11 is 0. The van der Waals surface area contributed by atoms with Crippen molar-refractivity contribution in [3.63, 3.8) is 0 Å². The van der Waals surface area contributed by atoms with Gasteiger partial charge in [0, 0.05) is 0 Å².